The normalized spacial score (nSPS) is 22.8. The number of rotatable bonds is 1. The van der Waals surface area contributed by atoms with Crippen molar-refractivity contribution in [3.8, 4) is 0 Å². The Kier molecular flexibility index (Phi) is 2.39. The molecule has 1 aliphatic carbocycles. The molecule has 0 saturated heterocycles. The molecule has 0 radical (unpaired) electrons. The van der Waals surface area contributed by atoms with Crippen LogP contribution < -0.4 is 0 Å². The van der Waals surface area contributed by atoms with Crippen molar-refractivity contribution in [1.29, 1.82) is 0 Å². The molecule has 3 rings (SSSR count). The van der Waals surface area contributed by atoms with Crippen molar-refractivity contribution in [2.75, 3.05) is 0 Å². The van der Waals surface area contributed by atoms with Crippen LogP contribution >= 0.6 is 22.9 Å². The monoisotopic (exact) mass is 262 g/mol. The molecular formula is C14H11ClOS. The zero-order valence-corrected chi connectivity index (χ0v) is 10.9. The zero-order valence-electron chi connectivity index (χ0n) is 9.37. The van der Waals surface area contributed by atoms with Crippen molar-refractivity contribution in [1.82, 2.24) is 0 Å². The van der Waals surface area contributed by atoms with Crippen LogP contribution in [0, 0.1) is 0 Å². The molecule has 17 heavy (non-hydrogen) atoms. The van der Waals surface area contributed by atoms with Crippen LogP contribution in [0.25, 0.3) is 0 Å². The quantitative estimate of drug-likeness (QED) is 0.749. The minimum Gasteiger partial charge on any atom is -0.293 e. The van der Waals surface area contributed by atoms with Crippen LogP contribution in [-0.4, -0.2) is 5.78 Å². The zero-order chi connectivity index (χ0) is 12.0. The maximum atomic E-state index is 12.0. The van der Waals surface area contributed by atoms with Crippen molar-refractivity contribution < 1.29 is 4.79 Å². The lowest BCUT2D eigenvalue weighted by Gasteiger charge is -2.24. The average Bonchev–Trinajstić information content (AvgIpc) is 2.85. The van der Waals surface area contributed by atoms with Gasteiger partial charge in [0.1, 0.15) is 0 Å². The van der Waals surface area contributed by atoms with Crippen molar-refractivity contribution in [2.45, 2.75) is 18.8 Å². The molecule has 1 aromatic carbocycles. The van der Waals surface area contributed by atoms with Crippen LogP contribution in [0.1, 0.15) is 34.1 Å². The molecule has 1 unspecified atom stereocenters. The maximum Gasteiger partial charge on any atom is 0.174 e. The Morgan fingerprint density at radius 1 is 1.35 bits per heavy atom. The average molecular weight is 263 g/mol. The number of hydrogen-bond acceptors (Lipinski definition) is 2. The number of carbonyl (C=O) groups excluding carboxylic acids is 1. The molecule has 1 atom stereocenters. The van der Waals surface area contributed by atoms with Gasteiger partial charge in [-0.3, -0.25) is 4.79 Å². The molecule has 2 aromatic rings. The second kappa shape index (κ2) is 3.69. The number of benzene rings is 1. The Hall–Kier alpha value is -1.12. The van der Waals surface area contributed by atoms with Gasteiger partial charge in [-0.25, -0.2) is 0 Å². The molecule has 1 aromatic heterocycles. The number of thiophene rings is 1. The van der Waals surface area contributed by atoms with Crippen LogP contribution in [0.2, 0.25) is 5.02 Å². The molecule has 0 bridgehead atoms. The summed E-state index contributed by atoms with van der Waals surface area (Å²) < 4.78 is 0. The van der Waals surface area contributed by atoms with E-state index < -0.39 is 0 Å². The molecule has 0 aliphatic heterocycles. The highest BCUT2D eigenvalue weighted by Gasteiger charge is 2.41. The van der Waals surface area contributed by atoms with Crippen molar-refractivity contribution in [2.24, 2.45) is 0 Å². The summed E-state index contributed by atoms with van der Waals surface area (Å²) in [6, 6.07) is 9.87. The molecule has 0 saturated carbocycles. The third-order valence-electron chi connectivity index (χ3n) is 3.49. The van der Waals surface area contributed by atoms with Crippen LogP contribution in [0.3, 0.4) is 0 Å². The number of carbonyl (C=O) groups is 1. The van der Waals surface area contributed by atoms with Gasteiger partial charge in [-0.15, -0.1) is 11.3 Å². The summed E-state index contributed by atoms with van der Waals surface area (Å²) in [5.74, 6) is 0.248. The number of fused-ring (bicyclic) bond motifs is 1. The molecule has 1 heterocycles. The molecule has 3 heteroatoms. The van der Waals surface area contributed by atoms with Gasteiger partial charge in [0, 0.05) is 16.9 Å². The van der Waals surface area contributed by atoms with Gasteiger partial charge in [0.05, 0.1) is 4.88 Å². The number of ketones is 1. The molecule has 86 valence electrons. The maximum absolute atomic E-state index is 12.0. The lowest BCUT2D eigenvalue weighted by molar-refractivity contribution is 0.0985. The minimum absolute atomic E-state index is 0.211. The predicted octanol–water partition coefficient (Wildman–Crippen LogP) is 4.29. The van der Waals surface area contributed by atoms with Gasteiger partial charge in [-0.2, -0.15) is 0 Å². The summed E-state index contributed by atoms with van der Waals surface area (Å²) >= 11 is 7.58. The summed E-state index contributed by atoms with van der Waals surface area (Å²) in [5.41, 5.74) is 2.06. The van der Waals surface area contributed by atoms with Gasteiger partial charge in [-0.1, -0.05) is 30.7 Å². The van der Waals surface area contributed by atoms with Gasteiger partial charge < -0.3 is 0 Å². The predicted molar refractivity (Wildman–Crippen MR) is 71.2 cm³/mol. The lowest BCUT2D eigenvalue weighted by atomic mass is 9.78. The number of Topliss-reactive ketones (excluding diaryl/α,β-unsaturated/α-hetero) is 1. The Morgan fingerprint density at radius 2 is 2.18 bits per heavy atom. The molecule has 0 N–H and O–H groups in total. The molecular weight excluding hydrogens is 252 g/mol. The van der Waals surface area contributed by atoms with E-state index in [1.807, 2.05) is 29.6 Å². The lowest BCUT2D eigenvalue weighted by Crippen LogP contribution is -2.20. The van der Waals surface area contributed by atoms with E-state index in [9.17, 15) is 4.79 Å². The van der Waals surface area contributed by atoms with Gasteiger partial charge >= 0.3 is 0 Å². The highest BCUT2D eigenvalue weighted by molar-refractivity contribution is 7.12. The van der Waals surface area contributed by atoms with E-state index in [-0.39, 0.29) is 11.2 Å². The SMILES string of the molecule is CC1(c2cccc(Cl)c2)CC(=O)c2sccc21. The Morgan fingerprint density at radius 3 is 2.94 bits per heavy atom. The second-order valence-corrected chi connectivity index (χ2v) is 5.96. The minimum atomic E-state index is -0.211. The first-order valence-corrected chi connectivity index (χ1v) is 6.74. The molecule has 0 spiro atoms. The third-order valence-corrected chi connectivity index (χ3v) is 4.68. The largest absolute Gasteiger partial charge is 0.293 e. The summed E-state index contributed by atoms with van der Waals surface area (Å²) in [6.07, 6.45) is 0.551. The fourth-order valence-corrected chi connectivity index (χ4v) is 3.70. The number of halogens is 1. The van der Waals surface area contributed by atoms with Crippen molar-refractivity contribution in [3.05, 3.63) is 56.7 Å². The first-order chi connectivity index (χ1) is 8.11. The van der Waals surface area contributed by atoms with Crippen molar-refractivity contribution in [3.63, 3.8) is 0 Å². The fourth-order valence-electron chi connectivity index (χ4n) is 2.55. The second-order valence-electron chi connectivity index (χ2n) is 4.61. The van der Waals surface area contributed by atoms with Crippen molar-refractivity contribution >= 4 is 28.7 Å². The van der Waals surface area contributed by atoms with Crippen LogP contribution in [-0.2, 0) is 5.41 Å². The summed E-state index contributed by atoms with van der Waals surface area (Å²) in [4.78, 5) is 12.9. The highest BCUT2D eigenvalue weighted by atomic mass is 35.5. The van der Waals surface area contributed by atoms with Crippen LogP contribution in [0.5, 0.6) is 0 Å². The van der Waals surface area contributed by atoms with Crippen LogP contribution in [0.15, 0.2) is 35.7 Å². The Labute approximate surface area is 109 Å². The summed E-state index contributed by atoms with van der Waals surface area (Å²) in [7, 11) is 0. The van der Waals surface area contributed by atoms with E-state index in [4.69, 9.17) is 11.6 Å². The molecule has 0 amide bonds. The topological polar surface area (TPSA) is 17.1 Å². The van der Waals surface area contributed by atoms with E-state index in [2.05, 4.69) is 13.0 Å². The van der Waals surface area contributed by atoms with Crippen LogP contribution in [0.4, 0.5) is 0 Å². The molecule has 1 nitrogen and oxygen atoms in total. The van der Waals surface area contributed by atoms with Gasteiger partial charge in [0.25, 0.3) is 0 Å². The first-order valence-electron chi connectivity index (χ1n) is 5.48. The van der Waals surface area contributed by atoms with E-state index >= 15 is 0 Å². The first kappa shape index (κ1) is 11.0. The van der Waals surface area contributed by atoms with Gasteiger partial charge in [-0.05, 0) is 34.7 Å². The summed E-state index contributed by atoms with van der Waals surface area (Å²) in [5, 5.41) is 2.71. The fraction of sp³-hybridized carbons (Fsp3) is 0.214. The van der Waals surface area contributed by atoms with E-state index in [1.165, 1.54) is 11.3 Å². The smallest absolute Gasteiger partial charge is 0.174 e. The highest BCUT2D eigenvalue weighted by Crippen LogP contribution is 2.46. The van der Waals surface area contributed by atoms with E-state index in [0.717, 1.165) is 21.0 Å². The van der Waals surface area contributed by atoms with Gasteiger partial charge in [0.15, 0.2) is 5.78 Å². The Bertz CT molecular complexity index is 602. The summed E-state index contributed by atoms with van der Waals surface area (Å²) in [6.45, 7) is 2.12. The third kappa shape index (κ3) is 1.55. The molecule has 1 aliphatic rings. The van der Waals surface area contributed by atoms with E-state index in [0.29, 0.717) is 6.42 Å². The number of hydrogen-bond donors (Lipinski definition) is 0. The van der Waals surface area contributed by atoms with E-state index in [1.54, 1.807) is 0 Å². The molecule has 0 fully saturated rings. The standard InChI is InChI=1S/C14H11ClOS/c1-14(9-3-2-4-10(15)7-9)8-12(16)13-11(14)5-6-17-13/h2-7H,8H2,1H3. The van der Waals surface area contributed by atoms with Gasteiger partial charge in [0.2, 0.25) is 0 Å². The Balaban J connectivity index is 2.19.